The van der Waals surface area contributed by atoms with Crippen molar-refractivity contribution in [3.8, 4) is 5.75 Å². The molecule has 0 unspecified atom stereocenters. The Hall–Kier alpha value is -3.86. The van der Waals surface area contributed by atoms with Crippen molar-refractivity contribution < 1.29 is 14.3 Å². The Bertz CT molecular complexity index is 1260. The normalized spacial score (nSPS) is 15.1. The molecule has 35 heavy (non-hydrogen) atoms. The molecule has 5 heteroatoms. The molecule has 180 valence electrons. The first-order chi connectivity index (χ1) is 16.8. The molecule has 5 nitrogen and oxygen atoms in total. The Balaban J connectivity index is 1.50. The number of ether oxygens (including phenoxy) is 1. The van der Waals surface area contributed by atoms with Crippen LogP contribution in [0.15, 0.2) is 72.8 Å². The predicted molar refractivity (Wildman–Crippen MR) is 141 cm³/mol. The highest BCUT2D eigenvalue weighted by Crippen LogP contribution is 2.32. The minimum absolute atomic E-state index is 0.108. The molecule has 1 aliphatic rings. The van der Waals surface area contributed by atoms with Crippen molar-refractivity contribution in [3.05, 3.63) is 101 Å². The van der Waals surface area contributed by atoms with E-state index in [0.29, 0.717) is 16.8 Å². The molecule has 1 heterocycles. The predicted octanol–water partition coefficient (Wildman–Crippen LogP) is 6.05. The molecule has 0 atom stereocenters. The zero-order chi connectivity index (χ0) is 25.0. The minimum atomic E-state index is -0.173. The van der Waals surface area contributed by atoms with Crippen LogP contribution in [0.2, 0.25) is 0 Å². The number of methoxy groups -OCH3 is 1. The van der Waals surface area contributed by atoms with Crippen LogP contribution < -0.4 is 15.4 Å². The van der Waals surface area contributed by atoms with Gasteiger partial charge in [0.25, 0.3) is 5.91 Å². The maximum absolute atomic E-state index is 13.1. The summed E-state index contributed by atoms with van der Waals surface area (Å²) in [5.41, 5.74) is 5.78. The number of hydrogen-bond donors (Lipinski definition) is 2. The molecule has 0 radical (unpaired) electrons. The molecule has 3 aromatic carbocycles. The number of anilines is 1. The van der Waals surface area contributed by atoms with Crippen LogP contribution in [0.3, 0.4) is 0 Å². The summed E-state index contributed by atoms with van der Waals surface area (Å²) in [4.78, 5) is 25.7. The monoisotopic (exact) mass is 468 g/mol. The fraction of sp³-hybridized carbons (Fsp3) is 0.267. The molecule has 0 fully saturated rings. The number of rotatable bonds is 7. The van der Waals surface area contributed by atoms with Crippen LogP contribution in [0.25, 0.3) is 5.70 Å². The van der Waals surface area contributed by atoms with Gasteiger partial charge in [-0.15, -0.1) is 0 Å². The fourth-order valence-electron chi connectivity index (χ4n) is 4.40. The number of carbonyl (C=O) groups is 2. The standard InChI is InChI=1S/C30H32N2O3/c1-5-6-20-7-9-22(10-8-20)29(34)31-24-14-11-21(12-15-24)28(33)18-27-26-17-25(35-4)16-13-23(26)19-30(2,3)32-27/h7-18,32H,5-6,19H2,1-4H3,(H,31,34). The van der Waals surface area contributed by atoms with Gasteiger partial charge >= 0.3 is 0 Å². The van der Waals surface area contributed by atoms with Crippen LogP contribution in [-0.4, -0.2) is 24.3 Å². The average molecular weight is 469 g/mol. The van der Waals surface area contributed by atoms with E-state index >= 15 is 0 Å². The lowest BCUT2D eigenvalue weighted by Gasteiger charge is -2.35. The van der Waals surface area contributed by atoms with Crippen LogP contribution in [0, 0.1) is 0 Å². The van der Waals surface area contributed by atoms with E-state index in [0.717, 1.165) is 36.3 Å². The zero-order valence-corrected chi connectivity index (χ0v) is 20.8. The van der Waals surface area contributed by atoms with E-state index < -0.39 is 0 Å². The number of ketones is 1. The third-order valence-corrected chi connectivity index (χ3v) is 6.17. The highest BCUT2D eigenvalue weighted by molar-refractivity contribution is 6.09. The Morgan fingerprint density at radius 3 is 2.34 bits per heavy atom. The molecule has 0 aliphatic carbocycles. The fourth-order valence-corrected chi connectivity index (χ4v) is 4.40. The largest absolute Gasteiger partial charge is 0.497 e. The topological polar surface area (TPSA) is 67.4 Å². The highest BCUT2D eigenvalue weighted by Gasteiger charge is 2.28. The van der Waals surface area contributed by atoms with Gasteiger partial charge in [0, 0.05) is 39.7 Å². The van der Waals surface area contributed by atoms with Gasteiger partial charge in [-0.3, -0.25) is 9.59 Å². The van der Waals surface area contributed by atoms with Gasteiger partial charge in [0.15, 0.2) is 5.78 Å². The summed E-state index contributed by atoms with van der Waals surface area (Å²) in [6.07, 6.45) is 4.57. The Morgan fingerprint density at radius 2 is 1.69 bits per heavy atom. The lowest BCUT2D eigenvalue weighted by molar-refractivity contribution is 0.102. The summed E-state index contributed by atoms with van der Waals surface area (Å²) in [6, 6.07) is 20.6. The summed E-state index contributed by atoms with van der Waals surface area (Å²) in [7, 11) is 1.64. The summed E-state index contributed by atoms with van der Waals surface area (Å²) in [6.45, 7) is 6.37. The minimum Gasteiger partial charge on any atom is -0.497 e. The zero-order valence-electron chi connectivity index (χ0n) is 20.8. The van der Waals surface area contributed by atoms with Crippen molar-refractivity contribution in [1.82, 2.24) is 5.32 Å². The maximum atomic E-state index is 13.1. The van der Waals surface area contributed by atoms with Crippen molar-refractivity contribution in [2.45, 2.75) is 45.6 Å². The van der Waals surface area contributed by atoms with E-state index in [2.05, 4.69) is 37.5 Å². The second-order valence-corrected chi connectivity index (χ2v) is 9.61. The van der Waals surface area contributed by atoms with Crippen molar-refractivity contribution >= 4 is 23.1 Å². The van der Waals surface area contributed by atoms with Gasteiger partial charge in [0.1, 0.15) is 5.75 Å². The van der Waals surface area contributed by atoms with Crippen molar-refractivity contribution in [2.24, 2.45) is 0 Å². The van der Waals surface area contributed by atoms with Gasteiger partial charge in [-0.1, -0.05) is 31.5 Å². The number of carbonyl (C=O) groups excluding carboxylic acids is 2. The second kappa shape index (κ2) is 10.2. The SMILES string of the molecule is CCCc1ccc(C(=O)Nc2ccc(C(=O)C=C3NC(C)(C)Cc4ccc(OC)cc43)cc2)cc1. The lowest BCUT2D eigenvalue weighted by Crippen LogP contribution is -2.43. The van der Waals surface area contributed by atoms with Crippen molar-refractivity contribution in [2.75, 3.05) is 12.4 Å². The average Bonchev–Trinajstić information content (AvgIpc) is 2.84. The Labute approximate surface area is 207 Å². The van der Waals surface area contributed by atoms with Crippen molar-refractivity contribution in [1.29, 1.82) is 0 Å². The van der Waals surface area contributed by atoms with Crippen LogP contribution in [0.1, 0.15) is 64.6 Å². The van der Waals surface area contributed by atoms with E-state index in [1.165, 1.54) is 11.1 Å². The summed E-state index contributed by atoms with van der Waals surface area (Å²) in [5, 5.41) is 6.40. The number of fused-ring (bicyclic) bond motifs is 1. The van der Waals surface area contributed by atoms with Crippen LogP contribution in [0.5, 0.6) is 5.75 Å². The molecule has 1 aliphatic heterocycles. The molecule has 0 saturated heterocycles. The molecule has 0 spiro atoms. The van der Waals surface area contributed by atoms with E-state index in [9.17, 15) is 9.59 Å². The molecule has 0 bridgehead atoms. The Kier molecular flexibility index (Phi) is 7.06. The first kappa shape index (κ1) is 24.3. The van der Waals surface area contributed by atoms with E-state index in [1.54, 1.807) is 37.5 Å². The number of hydrogen-bond acceptors (Lipinski definition) is 4. The van der Waals surface area contributed by atoms with E-state index in [1.807, 2.05) is 36.4 Å². The lowest BCUT2D eigenvalue weighted by atomic mass is 9.85. The molecule has 0 aromatic heterocycles. The number of allylic oxidation sites excluding steroid dienone is 1. The molecule has 1 amide bonds. The maximum Gasteiger partial charge on any atom is 0.255 e. The number of amides is 1. The van der Waals surface area contributed by atoms with Crippen LogP contribution in [0.4, 0.5) is 5.69 Å². The Morgan fingerprint density at radius 1 is 1.00 bits per heavy atom. The van der Waals surface area contributed by atoms with E-state index in [-0.39, 0.29) is 17.2 Å². The molecule has 3 aromatic rings. The van der Waals surface area contributed by atoms with Gasteiger partial charge in [0.2, 0.25) is 0 Å². The second-order valence-electron chi connectivity index (χ2n) is 9.61. The first-order valence-corrected chi connectivity index (χ1v) is 12.0. The smallest absolute Gasteiger partial charge is 0.255 e. The highest BCUT2D eigenvalue weighted by atomic mass is 16.5. The van der Waals surface area contributed by atoms with Gasteiger partial charge in [-0.05, 0) is 86.3 Å². The van der Waals surface area contributed by atoms with Gasteiger partial charge in [-0.25, -0.2) is 0 Å². The summed E-state index contributed by atoms with van der Waals surface area (Å²) in [5.74, 6) is 0.473. The summed E-state index contributed by atoms with van der Waals surface area (Å²) < 4.78 is 5.39. The summed E-state index contributed by atoms with van der Waals surface area (Å²) >= 11 is 0. The number of aryl methyl sites for hydroxylation is 1. The van der Waals surface area contributed by atoms with Crippen LogP contribution >= 0.6 is 0 Å². The quantitative estimate of drug-likeness (QED) is 0.327. The molecule has 0 saturated carbocycles. The molecular weight excluding hydrogens is 436 g/mol. The molecule has 2 N–H and O–H groups in total. The molecular formula is C30H32N2O3. The van der Waals surface area contributed by atoms with Gasteiger partial charge in [0.05, 0.1) is 7.11 Å². The molecule has 4 rings (SSSR count). The van der Waals surface area contributed by atoms with Gasteiger partial charge < -0.3 is 15.4 Å². The number of benzene rings is 3. The van der Waals surface area contributed by atoms with Crippen LogP contribution in [-0.2, 0) is 12.8 Å². The third kappa shape index (κ3) is 5.80. The van der Waals surface area contributed by atoms with Crippen molar-refractivity contribution in [3.63, 3.8) is 0 Å². The van der Waals surface area contributed by atoms with Gasteiger partial charge in [-0.2, -0.15) is 0 Å². The number of nitrogens with one attached hydrogen (secondary N) is 2. The first-order valence-electron chi connectivity index (χ1n) is 12.0. The third-order valence-electron chi connectivity index (χ3n) is 6.17. The van der Waals surface area contributed by atoms with E-state index in [4.69, 9.17) is 4.74 Å².